The lowest BCUT2D eigenvalue weighted by molar-refractivity contribution is -0.145. The number of fused-ring (bicyclic) bond motifs is 1. The third-order valence-electron chi connectivity index (χ3n) is 3.34. The van der Waals surface area contributed by atoms with Crippen LogP contribution in [0, 0.1) is 0 Å². The topological polar surface area (TPSA) is 81.1 Å². The summed E-state index contributed by atoms with van der Waals surface area (Å²) >= 11 is 0. The molecular formula is C14H18N2O4. The molecule has 0 spiro atoms. The first-order chi connectivity index (χ1) is 9.69. The zero-order valence-electron chi connectivity index (χ0n) is 11.2. The number of hydrogen-bond donors (Lipinski definition) is 2. The van der Waals surface area contributed by atoms with Crippen molar-refractivity contribution in [3.8, 4) is 0 Å². The first kappa shape index (κ1) is 14.5. The predicted molar refractivity (Wildman–Crippen MR) is 73.3 cm³/mol. The zero-order chi connectivity index (χ0) is 14.5. The number of carbonyl (C=O) groups excluding carboxylic acids is 2. The maximum Gasteiger partial charge on any atom is 0.316 e. The number of aliphatic hydroxyl groups excluding tert-OH is 2. The van der Waals surface area contributed by atoms with Crippen LogP contribution in [0.4, 0.5) is 5.69 Å². The van der Waals surface area contributed by atoms with Crippen LogP contribution in [0.3, 0.4) is 0 Å². The molecule has 0 aromatic heterocycles. The molecule has 0 aliphatic carbocycles. The van der Waals surface area contributed by atoms with Gasteiger partial charge in [0.15, 0.2) is 0 Å². The van der Waals surface area contributed by atoms with Crippen LogP contribution in [-0.2, 0) is 16.0 Å². The minimum Gasteiger partial charge on any atom is -0.395 e. The van der Waals surface area contributed by atoms with Crippen LogP contribution in [0.2, 0.25) is 0 Å². The third-order valence-corrected chi connectivity index (χ3v) is 3.34. The SMILES string of the molecule is O=C(C(=O)N1CCc2ccccc21)N(CCO)CCO. The average Bonchev–Trinajstić information content (AvgIpc) is 2.89. The number of anilines is 1. The number of para-hydroxylation sites is 1. The highest BCUT2D eigenvalue weighted by molar-refractivity contribution is 6.40. The number of hydrogen-bond acceptors (Lipinski definition) is 4. The Hall–Kier alpha value is -1.92. The summed E-state index contributed by atoms with van der Waals surface area (Å²) in [6, 6.07) is 7.48. The van der Waals surface area contributed by atoms with Crippen LogP contribution in [0.25, 0.3) is 0 Å². The Bertz CT molecular complexity index is 498. The number of amides is 2. The lowest BCUT2D eigenvalue weighted by Gasteiger charge is -2.23. The Labute approximate surface area is 117 Å². The minimum atomic E-state index is -0.690. The van der Waals surface area contributed by atoms with Crippen LogP contribution >= 0.6 is 0 Å². The van der Waals surface area contributed by atoms with Crippen LogP contribution in [-0.4, -0.2) is 59.8 Å². The largest absolute Gasteiger partial charge is 0.395 e. The molecule has 6 heteroatoms. The average molecular weight is 278 g/mol. The molecule has 0 saturated heterocycles. The number of aliphatic hydroxyl groups is 2. The van der Waals surface area contributed by atoms with Crippen LogP contribution < -0.4 is 4.90 Å². The molecule has 0 bridgehead atoms. The summed E-state index contributed by atoms with van der Waals surface area (Å²) in [6.45, 7) is 0.0858. The van der Waals surface area contributed by atoms with Gasteiger partial charge in [-0.2, -0.15) is 0 Å². The molecule has 6 nitrogen and oxygen atoms in total. The van der Waals surface area contributed by atoms with Crippen molar-refractivity contribution < 1.29 is 19.8 Å². The van der Waals surface area contributed by atoms with Crippen molar-refractivity contribution in [3.05, 3.63) is 29.8 Å². The van der Waals surface area contributed by atoms with Gasteiger partial charge in [0.2, 0.25) is 0 Å². The Morgan fingerprint density at radius 3 is 2.45 bits per heavy atom. The van der Waals surface area contributed by atoms with Gasteiger partial charge in [0, 0.05) is 25.3 Å². The smallest absolute Gasteiger partial charge is 0.316 e. The number of nitrogens with zero attached hydrogens (tertiary/aromatic N) is 2. The summed E-state index contributed by atoms with van der Waals surface area (Å²) in [5.41, 5.74) is 1.81. The number of benzene rings is 1. The minimum absolute atomic E-state index is 0.0423. The number of rotatable bonds is 4. The normalized spacial score (nSPS) is 13.2. The van der Waals surface area contributed by atoms with Gasteiger partial charge in [-0.05, 0) is 18.1 Å². The Balaban J connectivity index is 2.13. The Morgan fingerprint density at radius 2 is 1.80 bits per heavy atom. The van der Waals surface area contributed by atoms with E-state index >= 15 is 0 Å². The van der Waals surface area contributed by atoms with Crippen LogP contribution in [0.15, 0.2) is 24.3 Å². The second kappa shape index (κ2) is 6.49. The van der Waals surface area contributed by atoms with Gasteiger partial charge in [0.1, 0.15) is 0 Å². The molecular weight excluding hydrogens is 260 g/mol. The van der Waals surface area contributed by atoms with Gasteiger partial charge in [-0.15, -0.1) is 0 Å². The monoisotopic (exact) mass is 278 g/mol. The number of carbonyl (C=O) groups is 2. The summed E-state index contributed by atoms with van der Waals surface area (Å²) in [4.78, 5) is 27.0. The van der Waals surface area contributed by atoms with Crippen LogP contribution in [0.5, 0.6) is 0 Å². The summed E-state index contributed by atoms with van der Waals surface area (Å²) < 4.78 is 0. The van der Waals surface area contributed by atoms with Crippen LogP contribution in [0.1, 0.15) is 5.56 Å². The first-order valence-electron chi connectivity index (χ1n) is 6.59. The molecule has 1 aromatic carbocycles. The molecule has 1 aliphatic rings. The molecule has 0 saturated carbocycles. The van der Waals surface area contributed by atoms with Crippen molar-refractivity contribution in [1.29, 1.82) is 0 Å². The maximum absolute atomic E-state index is 12.3. The Morgan fingerprint density at radius 1 is 1.15 bits per heavy atom. The van der Waals surface area contributed by atoms with Gasteiger partial charge >= 0.3 is 11.8 Å². The fraction of sp³-hybridized carbons (Fsp3) is 0.429. The lowest BCUT2D eigenvalue weighted by Crippen LogP contribution is -2.46. The van der Waals surface area contributed by atoms with E-state index in [1.807, 2.05) is 24.3 Å². The fourth-order valence-corrected chi connectivity index (χ4v) is 2.36. The molecule has 1 aromatic rings. The van der Waals surface area contributed by atoms with Gasteiger partial charge in [0.05, 0.1) is 13.2 Å². The van der Waals surface area contributed by atoms with Gasteiger partial charge in [-0.25, -0.2) is 0 Å². The van der Waals surface area contributed by atoms with Crippen molar-refractivity contribution in [2.24, 2.45) is 0 Å². The van der Waals surface area contributed by atoms with E-state index in [1.165, 1.54) is 9.80 Å². The molecule has 2 amide bonds. The predicted octanol–water partition coefficient (Wildman–Crippen LogP) is -0.611. The second-order valence-corrected chi connectivity index (χ2v) is 4.57. The Kier molecular flexibility index (Phi) is 4.70. The van der Waals surface area contributed by atoms with Crippen molar-refractivity contribution in [2.75, 3.05) is 37.7 Å². The summed E-state index contributed by atoms with van der Waals surface area (Å²) in [5.74, 6) is -1.30. The lowest BCUT2D eigenvalue weighted by atomic mass is 10.2. The molecule has 108 valence electrons. The quantitative estimate of drug-likeness (QED) is 0.720. The zero-order valence-corrected chi connectivity index (χ0v) is 11.2. The fourth-order valence-electron chi connectivity index (χ4n) is 2.36. The molecule has 0 radical (unpaired) electrons. The van der Waals surface area contributed by atoms with E-state index in [-0.39, 0.29) is 26.3 Å². The molecule has 1 heterocycles. The van der Waals surface area contributed by atoms with E-state index in [2.05, 4.69) is 0 Å². The van der Waals surface area contributed by atoms with Crippen molar-refractivity contribution in [1.82, 2.24) is 4.90 Å². The van der Waals surface area contributed by atoms with Gasteiger partial charge in [0.25, 0.3) is 0 Å². The molecule has 0 fully saturated rings. The van der Waals surface area contributed by atoms with Gasteiger partial charge < -0.3 is 20.0 Å². The third kappa shape index (κ3) is 2.81. The molecule has 20 heavy (non-hydrogen) atoms. The highest BCUT2D eigenvalue weighted by Crippen LogP contribution is 2.27. The highest BCUT2D eigenvalue weighted by atomic mass is 16.3. The van der Waals surface area contributed by atoms with E-state index < -0.39 is 11.8 Å². The standard InChI is InChI=1S/C14H18N2O4/c17-9-7-15(8-10-18)13(19)14(20)16-6-5-11-3-1-2-4-12(11)16/h1-4,17-18H,5-10H2. The summed E-state index contributed by atoms with van der Waals surface area (Å²) in [6.07, 6.45) is 0.731. The highest BCUT2D eigenvalue weighted by Gasteiger charge is 2.31. The maximum atomic E-state index is 12.3. The molecule has 1 aliphatic heterocycles. The van der Waals surface area contributed by atoms with Gasteiger partial charge in [-0.1, -0.05) is 18.2 Å². The summed E-state index contributed by atoms with van der Waals surface area (Å²) in [5, 5.41) is 17.8. The molecule has 2 rings (SSSR count). The molecule has 0 unspecified atom stereocenters. The second-order valence-electron chi connectivity index (χ2n) is 4.57. The molecule has 2 N–H and O–H groups in total. The van der Waals surface area contributed by atoms with E-state index in [4.69, 9.17) is 10.2 Å². The van der Waals surface area contributed by atoms with E-state index in [9.17, 15) is 9.59 Å². The van der Waals surface area contributed by atoms with E-state index in [0.29, 0.717) is 6.54 Å². The van der Waals surface area contributed by atoms with Crippen molar-refractivity contribution in [3.63, 3.8) is 0 Å². The van der Waals surface area contributed by atoms with Crippen molar-refractivity contribution >= 4 is 17.5 Å². The van der Waals surface area contributed by atoms with E-state index in [1.54, 1.807) is 0 Å². The first-order valence-corrected chi connectivity index (χ1v) is 6.59. The van der Waals surface area contributed by atoms with E-state index in [0.717, 1.165) is 17.7 Å². The molecule has 0 atom stereocenters. The van der Waals surface area contributed by atoms with Gasteiger partial charge in [-0.3, -0.25) is 9.59 Å². The van der Waals surface area contributed by atoms with Crippen molar-refractivity contribution in [2.45, 2.75) is 6.42 Å². The summed E-state index contributed by atoms with van der Waals surface area (Å²) in [7, 11) is 0.